The highest BCUT2D eigenvalue weighted by Crippen LogP contribution is 2.18. The van der Waals surface area contributed by atoms with Crippen LogP contribution in [-0.4, -0.2) is 31.6 Å². The summed E-state index contributed by atoms with van der Waals surface area (Å²) in [7, 11) is -3.22. The van der Waals surface area contributed by atoms with E-state index >= 15 is 0 Å². The number of sulfonamides is 1. The van der Waals surface area contributed by atoms with Crippen LogP contribution >= 0.6 is 0 Å². The fraction of sp³-hybridized carbons (Fsp3) is 0.538. The summed E-state index contributed by atoms with van der Waals surface area (Å²) >= 11 is 0. The summed E-state index contributed by atoms with van der Waals surface area (Å²) in [5, 5.41) is 0. The third-order valence-corrected chi connectivity index (χ3v) is 5.26. The van der Waals surface area contributed by atoms with Gasteiger partial charge in [-0.05, 0) is 18.4 Å². The van der Waals surface area contributed by atoms with E-state index in [1.807, 2.05) is 30.3 Å². The Balaban J connectivity index is 2.03. The smallest absolute Gasteiger partial charge is 0.215 e. The first-order chi connectivity index (χ1) is 8.59. The van der Waals surface area contributed by atoms with Gasteiger partial charge in [-0.3, -0.25) is 0 Å². The van der Waals surface area contributed by atoms with Crippen LogP contribution in [0.5, 0.6) is 0 Å². The second kappa shape index (κ2) is 5.82. The van der Waals surface area contributed by atoms with Gasteiger partial charge < -0.3 is 5.73 Å². The molecule has 1 aliphatic rings. The Bertz CT molecular complexity index is 467. The Hall–Kier alpha value is -0.910. The lowest BCUT2D eigenvalue weighted by Crippen LogP contribution is -2.39. The maximum atomic E-state index is 12.2. The van der Waals surface area contributed by atoms with Crippen LogP contribution in [0.1, 0.15) is 30.9 Å². The highest BCUT2D eigenvalue weighted by molar-refractivity contribution is 7.89. The molecule has 1 fully saturated rings. The zero-order valence-electron chi connectivity index (χ0n) is 10.5. The Morgan fingerprint density at radius 1 is 1.11 bits per heavy atom. The zero-order chi connectivity index (χ0) is 13.0. The second-order valence-corrected chi connectivity index (χ2v) is 6.77. The molecule has 0 radical (unpaired) electrons. The van der Waals surface area contributed by atoms with Crippen molar-refractivity contribution in [3.8, 4) is 0 Å². The molecule has 0 spiro atoms. The van der Waals surface area contributed by atoms with E-state index in [-0.39, 0.29) is 5.75 Å². The van der Waals surface area contributed by atoms with Crippen molar-refractivity contribution < 1.29 is 8.42 Å². The maximum absolute atomic E-state index is 12.2. The number of hydrogen-bond acceptors (Lipinski definition) is 3. The van der Waals surface area contributed by atoms with Crippen LogP contribution in [0, 0.1) is 0 Å². The quantitative estimate of drug-likeness (QED) is 0.900. The highest BCUT2D eigenvalue weighted by atomic mass is 32.2. The standard InChI is InChI=1S/C13H20N2O2S/c14-13(12-7-3-1-4-8-12)11-18(16,17)15-9-5-2-6-10-15/h1,3-4,7-8,13H,2,5-6,9-11,14H2. The molecular formula is C13H20N2O2S. The van der Waals surface area contributed by atoms with Crippen LogP contribution in [0.4, 0.5) is 0 Å². The van der Waals surface area contributed by atoms with Gasteiger partial charge in [-0.25, -0.2) is 12.7 Å². The maximum Gasteiger partial charge on any atom is 0.215 e. The fourth-order valence-electron chi connectivity index (χ4n) is 2.27. The summed E-state index contributed by atoms with van der Waals surface area (Å²) < 4.78 is 26.0. The van der Waals surface area contributed by atoms with E-state index in [4.69, 9.17) is 5.73 Å². The van der Waals surface area contributed by atoms with E-state index in [1.165, 1.54) is 0 Å². The normalized spacial score (nSPS) is 19.6. The molecule has 1 saturated heterocycles. The number of benzene rings is 1. The summed E-state index contributed by atoms with van der Waals surface area (Å²) in [5.74, 6) is -0.00296. The molecule has 1 aliphatic heterocycles. The number of nitrogens with two attached hydrogens (primary N) is 1. The van der Waals surface area contributed by atoms with E-state index in [1.54, 1.807) is 4.31 Å². The van der Waals surface area contributed by atoms with Gasteiger partial charge in [0, 0.05) is 19.1 Å². The summed E-state index contributed by atoms with van der Waals surface area (Å²) in [6.07, 6.45) is 3.04. The van der Waals surface area contributed by atoms with Crippen molar-refractivity contribution in [2.24, 2.45) is 5.73 Å². The van der Waals surface area contributed by atoms with Crippen LogP contribution < -0.4 is 5.73 Å². The predicted molar refractivity (Wildman–Crippen MR) is 72.6 cm³/mol. The lowest BCUT2D eigenvalue weighted by atomic mass is 10.1. The Kier molecular flexibility index (Phi) is 4.37. The molecule has 1 aromatic rings. The average Bonchev–Trinajstić information content (AvgIpc) is 2.40. The molecule has 1 atom stereocenters. The van der Waals surface area contributed by atoms with Crippen molar-refractivity contribution >= 4 is 10.0 Å². The van der Waals surface area contributed by atoms with Crippen molar-refractivity contribution in [3.63, 3.8) is 0 Å². The third kappa shape index (κ3) is 3.31. The molecule has 1 aromatic carbocycles. The van der Waals surface area contributed by atoms with Crippen molar-refractivity contribution in [2.75, 3.05) is 18.8 Å². The Morgan fingerprint density at radius 3 is 2.33 bits per heavy atom. The van der Waals surface area contributed by atoms with E-state index in [9.17, 15) is 8.42 Å². The Labute approximate surface area is 109 Å². The van der Waals surface area contributed by atoms with Gasteiger partial charge in [0.15, 0.2) is 0 Å². The molecular weight excluding hydrogens is 248 g/mol. The second-order valence-electron chi connectivity index (χ2n) is 4.76. The summed E-state index contributed by atoms with van der Waals surface area (Å²) in [4.78, 5) is 0. The van der Waals surface area contributed by atoms with Crippen LogP contribution in [0.15, 0.2) is 30.3 Å². The van der Waals surface area contributed by atoms with Gasteiger partial charge in [-0.1, -0.05) is 36.8 Å². The van der Waals surface area contributed by atoms with Gasteiger partial charge >= 0.3 is 0 Å². The van der Waals surface area contributed by atoms with Crippen LogP contribution in [0.2, 0.25) is 0 Å². The molecule has 2 rings (SSSR count). The van der Waals surface area contributed by atoms with Crippen molar-refractivity contribution in [1.29, 1.82) is 0 Å². The summed E-state index contributed by atoms with van der Waals surface area (Å²) in [6, 6.07) is 8.95. The fourth-order valence-corrected chi connectivity index (χ4v) is 3.94. The van der Waals surface area contributed by atoms with Gasteiger partial charge in [0.2, 0.25) is 10.0 Å². The van der Waals surface area contributed by atoms with Crippen LogP contribution in [0.3, 0.4) is 0 Å². The van der Waals surface area contributed by atoms with E-state index < -0.39 is 16.1 Å². The van der Waals surface area contributed by atoms with Gasteiger partial charge in [0.25, 0.3) is 0 Å². The summed E-state index contributed by atoms with van der Waals surface area (Å²) in [6.45, 7) is 1.29. The molecule has 100 valence electrons. The third-order valence-electron chi connectivity index (χ3n) is 3.33. The molecule has 0 saturated carbocycles. The zero-order valence-corrected chi connectivity index (χ0v) is 11.3. The van der Waals surface area contributed by atoms with Crippen molar-refractivity contribution in [3.05, 3.63) is 35.9 Å². The van der Waals surface area contributed by atoms with Gasteiger partial charge in [-0.15, -0.1) is 0 Å². The molecule has 5 heteroatoms. The van der Waals surface area contributed by atoms with E-state index in [2.05, 4.69) is 0 Å². The first-order valence-electron chi connectivity index (χ1n) is 6.38. The van der Waals surface area contributed by atoms with Crippen molar-refractivity contribution in [1.82, 2.24) is 4.31 Å². The Morgan fingerprint density at radius 2 is 1.72 bits per heavy atom. The highest BCUT2D eigenvalue weighted by Gasteiger charge is 2.26. The minimum absolute atomic E-state index is 0.00296. The van der Waals surface area contributed by atoms with Crippen molar-refractivity contribution in [2.45, 2.75) is 25.3 Å². The molecule has 18 heavy (non-hydrogen) atoms. The van der Waals surface area contributed by atoms with E-state index in [0.29, 0.717) is 13.1 Å². The summed E-state index contributed by atoms with van der Waals surface area (Å²) in [5.41, 5.74) is 6.86. The lowest BCUT2D eigenvalue weighted by Gasteiger charge is -2.27. The molecule has 4 nitrogen and oxygen atoms in total. The number of rotatable bonds is 4. The number of hydrogen-bond donors (Lipinski definition) is 1. The molecule has 0 aromatic heterocycles. The van der Waals surface area contributed by atoms with Crippen LogP contribution in [0.25, 0.3) is 0 Å². The molecule has 0 aliphatic carbocycles. The first kappa shape index (κ1) is 13.5. The molecule has 0 amide bonds. The minimum atomic E-state index is -3.22. The van der Waals surface area contributed by atoms with Gasteiger partial charge in [0.1, 0.15) is 0 Å². The molecule has 2 N–H and O–H groups in total. The lowest BCUT2D eigenvalue weighted by molar-refractivity contribution is 0.345. The largest absolute Gasteiger partial charge is 0.323 e. The predicted octanol–water partition coefficient (Wildman–Crippen LogP) is 1.50. The molecule has 1 unspecified atom stereocenters. The minimum Gasteiger partial charge on any atom is -0.323 e. The SMILES string of the molecule is NC(CS(=O)(=O)N1CCCCC1)c1ccccc1. The van der Waals surface area contributed by atoms with E-state index in [0.717, 1.165) is 24.8 Å². The monoisotopic (exact) mass is 268 g/mol. The molecule has 1 heterocycles. The topological polar surface area (TPSA) is 63.4 Å². The van der Waals surface area contributed by atoms with Gasteiger partial charge in [-0.2, -0.15) is 0 Å². The first-order valence-corrected chi connectivity index (χ1v) is 7.99. The van der Waals surface area contributed by atoms with Gasteiger partial charge in [0.05, 0.1) is 5.75 Å². The number of piperidine rings is 1. The van der Waals surface area contributed by atoms with Crippen LogP contribution in [-0.2, 0) is 10.0 Å². The average molecular weight is 268 g/mol. The number of nitrogens with zero attached hydrogens (tertiary/aromatic N) is 1. The molecule has 0 bridgehead atoms.